The van der Waals surface area contributed by atoms with E-state index in [1.807, 2.05) is 32.0 Å². The van der Waals surface area contributed by atoms with E-state index < -0.39 is 10.8 Å². The Hall–Kier alpha value is -3.48. The highest BCUT2D eigenvalue weighted by Gasteiger charge is 2.08. The normalized spacial score (nSPS) is 11.0. The van der Waals surface area contributed by atoms with E-state index in [0.29, 0.717) is 11.3 Å². The van der Waals surface area contributed by atoms with Crippen molar-refractivity contribution in [3.8, 4) is 5.75 Å². The van der Waals surface area contributed by atoms with Crippen LogP contribution >= 0.6 is 0 Å². The van der Waals surface area contributed by atoms with Crippen LogP contribution in [-0.2, 0) is 4.79 Å². The number of allylic oxidation sites excluding steroid dienone is 1. The van der Waals surface area contributed by atoms with Crippen molar-refractivity contribution in [3.63, 3.8) is 0 Å². The third-order valence-electron chi connectivity index (χ3n) is 3.32. The quantitative estimate of drug-likeness (QED) is 0.469. The Balaban J connectivity index is 1.83. The summed E-state index contributed by atoms with van der Waals surface area (Å²) >= 11 is 0. The third-order valence-corrected chi connectivity index (χ3v) is 3.32. The van der Waals surface area contributed by atoms with Crippen LogP contribution in [0.2, 0.25) is 0 Å². The molecule has 0 bridgehead atoms. The van der Waals surface area contributed by atoms with Crippen molar-refractivity contribution in [3.05, 3.63) is 75.3 Å². The molecule has 0 aliphatic carbocycles. The lowest BCUT2D eigenvalue weighted by Gasteiger charge is -2.07. The number of rotatable bonds is 7. The number of nitrogens with one attached hydrogen (secondary N) is 1. The Morgan fingerprint density at radius 2 is 1.92 bits per heavy atom. The van der Waals surface area contributed by atoms with Crippen molar-refractivity contribution in [1.29, 1.82) is 0 Å². The van der Waals surface area contributed by atoms with Crippen LogP contribution in [0.25, 0.3) is 6.08 Å². The first-order chi connectivity index (χ1) is 12.5. The number of benzene rings is 2. The molecule has 0 heterocycles. The van der Waals surface area contributed by atoms with E-state index in [4.69, 9.17) is 4.74 Å². The minimum Gasteiger partial charge on any atom is -0.484 e. The summed E-state index contributed by atoms with van der Waals surface area (Å²) in [6.45, 7) is 3.75. The van der Waals surface area contributed by atoms with Gasteiger partial charge in [0.15, 0.2) is 6.61 Å². The van der Waals surface area contributed by atoms with Gasteiger partial charge in [-0.2, -0.15) is 5.10 Å². The average Bonchev–Trinajstić information content (AvgIpc) is 2.59. The zero-order valence-corrected chi connectivity index (χ0v) is 14.5. The number of para-hydroxylation sites is 1. The van der Waals surface area contributed by atoms with Crippen molar-refractivity contribution in [2.24, 2.45) is 5.10 Å². The van der Waals surface area contributed by atoms with Gasteiger partial charge in [-0.3, -0.25) is 14.9 Å². The Bertz CT molecular complexity index is 839. The van der Waals surface area contributed by atoms with Gasteiger partial charge in [0, 0.05) is 12.3 Å². The van der Waals surface area contributed by atoms with Gasteiger partial charge in [0.1, 0.15) is 5.75 Å². The summed E-state index contributed by atoms with van der Waals surface area (Å²) in [7, 11) is 0. The predicted octanol–water partition coefficient (Wildman–Crippen LogP) is 3.41. The zero-order chi connectivity index (χ0) is 18.9. The van der Waals surface area contributed by atoms with Crippen LogP contribution in [0, 0.1) is 24.0 Å². The maximum Gasteiger partial charge on any atom is 0.277 e. The number of carbonyl (C=O) groups excluding carboxylic acids is 1. The van der Waals surface area contributed by atoms with Crippen molar-refractivity contribution < 1.29 is 14.5 Å². The Labute approximate surface area is 151 Å². The number of hydrogen-bond acceptors (Lipinski definition) is 5. The molecule has 1 N–H and O–H groups in total. The van der Waals surface area contributed by atoms with Gasteiger partial charge in [0.25, 0.3) is 11.6 Å². The van der Waals surface area contributed by atoms with Crippen LogP contribution < -0.4 is 10.2 Å². The lowest BCUT2D eigenvalue weighted by Crippen LogP contribution is -2.24. The van der Waals surface area contributed by atoms with E-state index in [9.17, 15) is 14.9 Å². The summed E-state index contributed by atoms with van der Waals surface area (Å²) < 4.78 is 5.42. The number of nitro groups is 1. The molecule has 0 aliphatic rings. The first kappa shape index (κ1) is 18.9. The monoisotopic (exact) mass is 353 g/mol. The molecule has 7 heteroatoms. The minimum absolute atomic E-state index is 0.00281. The molecule has 0 radical (unpaired) electrons. The number of amides is 1. The summed E-state index contributed by atoms with van der Waals surface area (Å²) in [5, 5.41) is 14.6. The number of aryl methyl sites for hydroxylation is 2. The highest BCUT2D eigenvalue weighted by molar-refractivity contribution is 5.82. The summed E-state index contributed by atoms with van der Waals surface area (Å²) in [6.07, 6.45) is 4.39. The van der Waals surface area contributed by atoms with E-state index >= 15 is 0 Å². The van der Waals surface area contributed by atoms with Gasteiger partial charge in [0.05, 0.1) is 10.5 Å². The fraction of sp³-hybridized carbons (Fsp3) is 0.158. The minimum atomic E-state index is -0.455. The molecule has 0 aliphatic heterocycles. The smallest absolute Gasteiger partial charge is 0.277 e. The van der Waals surface area contributed by atoms with E-state index in [-0.39, 0.29) is 12.3 Å². The number of nitro benzene ring substituents is 1. The average molecular weight is 353 g/mol. The molecule has 2 aromatic rings. The van der Waals surface area contributed by atoms with E-state index in [1.54, 1.807) is 24.3 Å². The molecule has 7 nitrogen and oxygen atoms in total. The van der Waals surface area contributed by atoms with Gasteiger partial charge < -0.3 is 4.74 Å². The summed E-state index contributed by atoms with van der Waals surface area (Å²) in [6, 6.07) is 12.1. The Kier molecular flexibility index (Phi) is 6.61. The van der Waals surface area contributed by atoms with E-state index in [1.165, 1.54) is 18.4 Å². The fourth-order valence-electron chi connectivity index (χ4n) is 2.29. The molecular weight excluding hydrogens is 334 g/mol. The van der Waals surface area contributed by atoms with Crippen molar-refractivity contribution in [2.75, 3.05) is 6.61 Å². The molecule has 1 amide bonds. The first-order valence-corrected chi connectivity index (χ1v) is 7.89. The molecule has 2 aromatic carbocycles. The standard InChI is InChI=1S/C19H19N3O4/c1-14-10-15(2)12-17(11-14)26-13-19(23)21-20-9-5-7-16-6-3-4-8-18(16)22(24)25/h3-12H,13H2,1-2H3,(H,21,23)/b7-5+,20-9-. The van der Waals surface area contributed by atoms with Gasteiger partial charge in [-0.1, -0.05) is 18.2 Å². The molecule has 0 spiro atoms. The highest BCUT2D eigenvalue weighted by atomic mass is 16.6. The van der Waals surface area contributed by atoms with Crippen LogP contribution in [0.4, 0.5) is 5.69 Å². The third kappa shape index (κ3) is 5.86. The maximum atomic E-state index is 11.7. The van der Waals surface area contributed by atoms with E-state index in [2.05, 4.69) is 10.5 Å². The predicted molar refractivity (Wildman–Crippen MR) is 100 cm³/mol. The molecule has 0 unspecified atom stereocenters. The van der Waals surface area contributed by atoms with Crippen LogP contribution in [0.3, 0.4) is 0 Å². The van der Waals surface area contributed by atoms with Gasteiger partial charge in [-0.05, 0) is 55.3 Å². The van der Waals surface area contributed by atoms with Crippen molar-refractivity contribution in [1.82, 2.24) is 5.43 Å². The summed E-state index contributed by atoms with van der Waals surface area (Å²) in [5.41, 5.74) is 4.89. The van der Waals surface area contributed by atoms with Crippen LogP contribution in [-0.4, -0.2) is 23.7 Å². The van der Waals surface area contributed by atoms with Gasteiger partial charge in [0.2, 0.25) is 0 Å². The highest BCUT2D eigenvalue weighted by Crippen LogP contribution is 2.18. The van der Waals surface area contributed by atoms with Crippen molar-refractivity contribution in [2.45, 2.75) is 13.8 Å². The van der Waals surface area contributed by atoms with Crippen LogP contribution in [0.1, 0.15) is 16.7 Å². The largest absolute Gasteiger partial charge is 0.484 e. The molecule has 0 aromatic heterocycles. The first-order valence-electron chi connectivity index (χ1n) is 7.89. The molecule has 0 fully saturated rings. The summed E-state index contributed by atoms with van der Waals surface area (Å²) in [4.78, 5) is 22.1. The second-order valence-electron chi connectivity index (χ2n) is 5.60. The second-order valence-corrected chi connectivity index (χ2v) is 5.60. The molecule has 26 heavy (non-hydrogen) atoms. The molecule has 2 rings (SSSR count). The van der Waals surface area contributed by atoms with Crippen molar-refractivity contribution >= 4 is 23.9 Å². The van der Waals surface area contributed by atoms with Gasteiger partial charge >= 0.3 is 0 Å². The number of ether oxygens (including phenoxy) is 1. The Morgan fingerprint density at radius 1 is 1.23 bits per heavy atom. The van der Waals surface area contributed by atoms with Gasteiger partial charge in [-0.15, -0.1) is 0 Å². The molecule has 134 valence electrons. The number of nitrogens with zero attached hydrogens (tertiary/aromatic N) is 2. The molecule has 0 atom stereocenters. The summed E-state index contributed by atoms with van der Waals surface area (Å²) in [5.74, 6) is 0.220. The molecular formula is C19H19N3O4. The lowest BCUT2D eigenvalue weighted by molar-refractivity contribution is -0.385. The topological polar surface area (TPSA) is 93.8 Å². The Morgan fingerprint density at radius 3 is 2.62 bits per heavy atom. The SMILES string of the molecule is Cc1cc(C)cc(OCC(=O)N/N=C\C=C\c2ccccc2[N+](=O)[O-])c1. The van der Waals surface area contributed by atoms with Crippen LogP contribution in [0.15, 0.2) is 53.6 Å². The number of hydrogen-bond donors (Lipinski definition) is 1. The fourth-order valence-corrected chi connectivity index (χ4v) is 2.29. The zero-order valence-electron chi connectivity index (χ0n) is 14.5. The maximum absolute atomic E-state index is 11.7. The lowest BCUT2D eigenvalue weighted by atomic mass is 10.1. The molecule has 0 saturated carbocycles. The van der Waals surface area contributed by atoms with Crippen LogP contribution in [0.5, 0.6) is 5.75 Å². The number of carbonyl (C=O) groups is 1. The second kappa shape index (κ2) is 9.12. The van der Waals surface area contributed by atoms with E-state index in [0.717, 1.165) is 11.1 Å². The molecule has 0 saturated heterocycles. The number of hydrazone groups is 1. The van der Waals surface area contributed by atoms with Gasteiger partial charge in [-0.25, -0.2) is 5.43 Å².